The summed E-state index contributed by atoms with van der Waals surface area (Å²) in [7, 11) is 0. The second-order valence-corrected chi connectivity index (χ2v) is 6.81. The van der Waals surface area contributed by atoms with Crippen molar-refractivity contribution in [1.82, 2.24) is 10.2 Å². The van der Waals surface area contributed by atoms with Gasteiger partial charge < -0.3 is 19.7 Å². The first-order valence-corrected chi connectivity index (χ1v) is 9.37. The normalized spacial score (nSPS) is 21.0. The molecule has 1 saturated heterocycles. The quantitative estimate of drug-likeness (QED) is 0.792. The van der Waals surface area contributed by atoms with Gasteiger partial charge in [-0.2, -0.15) is 5.26 Å². The maximum absolute atomic E-state index is 12.8. The maximum Gasteiger partial charge on any atom is 0.408 e. The molecular formula is C18H29N3O4. The number of morpholine rings is 1. The van der Waals surface area contributed by atoms with E-state index in [-0.39, 0.29) is 5.91 Å². The van der Waals surface area contributed by atoms with Crippen molar-refractivity contribution in [3.63, 3.8) is 0 Å². The summed E-state index contributed by atoms with van der Waals surface area (Å²) in [5.74, 6) is 0.267. The van der Waals surface area contributed by atoms with Gasteiger partial charge in [0.25, 0.3) is 5.91 Å². The van der Waals surface area contributed by atoms with Gasteiger partial charge >= 0.3 is 6.09 Å². The van der Waals surface area contributed by atoms with Crippen LogP contribution < -0.4 is 5.32 Å². The Morgan fingerprint density at radius 3 is 2.56 bits per heavy atom. The van der Waals surface area contributed by atoms with E-state index in [9.17, 15) is 9.59 Å². The van der Waals surface area contributed by atoms with Crippen LogP contribution in [0.3, 0.4) is 0 Å². The van der Waals surface area contributed by atoms with E-state index in [1.165, 1.54) is 19.3 Å². The lowest BCUT2D eigenvalue weighted by Crippen LogP contribution is -2.48. The molecule has 0 aromatic rings. The van der Waals surface area contributed by atoms with Crippen LogP contribution in [0.15, 0.2) is 0 Å². The van der Waals surface area contributed by atoms with Crippen LogP contribution in [0.2, 0.25) is 0 Å². The Hall–Kier alpha value is -1.81. The monoisotopic (exact) mass is 351 g/mol. The number of carbonyl (C=O) groups excluding carboxylic acids is 2. The Kier molecular flexibility index (Phi) is 7.99. The average molecular weight is 351 g/mol. The van der Waals surface area contributed by atoms with Gasteiger partial charge in [0.2, 0.25) is 0 Å². The molecule has 2 atom stereocenters. The van der Waals surface area contributed by atoms with E-state index in [1.807, 2.05) is 13.0 Å². The van der Waals surface area contributed by atoms with E-state index in [2.05, 4.69) is 5.32 Å². The van der Waals surface area contributed by atoms with Gasteiger partial charge in [0.15, 0.2) is 6.10 Å². The number of hydrogen-bond donors (Lipinski definition) is 1. The molecule has 2 aliphatic rings. The Bertz CT molecular complexity index is 479. The van der Waals surface area contributed by atoms with Gasteiger partial charge in [-0.1, -0.05) is 39.0 Å². The molecule has 2 amide bonds. The van der Waals surface area contributed by atoms with Crippen LogP contribution in [0.4, 0.5) is 4.79 Å². The first-order valence-electron chi connectivity index (χ1n) is 9.37. The van der Waals surface area contributed by atoms with E-state index in [4.69, 9.17) is 14.7 Å². The summed E-state index contributed by atoms with van der Waals surface area (Å²) in [5.41, 5.74) is 0. The standard InChI is InChI=1S/C18H29N3O4/c1-2-15(13-19)20-18(23)25-16(12-14-6-4-3-5-7-14)17(22)21-8-10-24-11-9-21/h14-16H,2-12H2,1H3,(H,20,23)/t15-,16-/m0/s1. The molecule has 25 heavy (non-hydrogen) atoms. The lowest BCUT2D eigenvalue weighted by atomic mass is 9.85. The van der Waals surface area contributed by atoms with Crippen LogP contribution in [-0.4, -0.2) is 55.3 Å². The number of ether oxygens (including phenoxy) is 2. The molecule has 0 aromatic carbocycles. The van der Waals surface area contributed by atoms with E-state index in [0.29, 0.717) is 45.1 Å². The first-order chi connectivity index (χ1) is 12.1. The third kappa shape index (κ3) is 6.20. The molecule has 140 valence electrons. The number of alkyl carbamates (subject to hydrolysis) is 1. The van der Waals surface area contributed by atoms with Crippen molar-refractivity contribution in [2.24, 2.45) is 5.92 Å². The molecule has 2 rings (SSSR count). The van der Waals surface area contributed by atoms with E-state index >= 15 is 0 Å². The summed E-state index contributed by atoms with van der Waals surface area (Å²) >= 11 is 0. The molecule has 0 radical (unpaired) electrons. The number of rotatable bonds is 6. The van der Waals surface area contributed by atoms with Crippen molar-refractivity contribution in [3.8, 4) is 6.07 Å². The van der Waals surface area contributed by atoms with Gasteiger partial charge in [-0.25, -0.2) is 4.79 Å². The fourth-order valence-electron chi connectivity index (χ4n) is 3.44. The third-order valence-corrected chi connectivity index (χ3v) is 4.98. The van der Waals surface area contributed by atoms with Crippen molar-refractivity contribution >= 4 is 12.0 Å². The van der Waals surface area contributed by atoms with Gasteiger partial charge in [-0.05, 0) is 18.8 Å². The van der Waals surface area contributed by atoms with Gasteiger partial charge in [-0.15, -0.1) is 0 Å². The number of carbonyl (C=O) groups is 2. The lowest BCUT2D eigenvalue weighted by molar-refractivity contribution is -0.145. The Balaban J connectivity index is 1.98. The summed E-state index contributed by atoms with van der Waals surface area (Å²) in [6, 6.07) is 1.41. The lowest BCUT2D eigenvalue weighted by Gasteiger charge is -2.32. The zero-order valence-corrected chi connectivity index (χ0v) is 15.0. The predicted molar refractivity (Wildman–Crippen MR) is 91.7 cm³/mol. The number of hydrogen-bond acceptors (Lipinski definition) is 5. The Morgan fingerprint density at radius 1 is 1.28 bits per heavy atom. The second-order valence-electron chi connectivity index (χ2n) is 6.81. The fraction of sp³-hybridized carbons (Fsp3) is 0.833. The zero-order valence-electron chi connectivity index (χ0n) is 15.0. The summed E-state index contributed by atoms with van der Waals surface area (Å²) in [5, 5.41) is 11.5. The van der Waals surface area contributed by atoms with Gasteiger partial charge in [-0.3, -0.25) is 4.79 Å². The summed E-state index contributed by atoms with van der Waals surface area (Å²) in [4.78, 5) is 26.7. The van der Waals surface area contributed by atoms with Crippen LogP contribution in [-0.2, 0) is 14.3 Å². The highest BCUT2D eigenvalue weighted by atomic mass is 16.6. The Morgan fingerprint density at radius 2 is 1.96 bits per heavy atom. The molecule has 1 heterocycles. The van der Waals surface area contributed by atoms with Crippen LogP contribution in [0, 0.1) is 17.2 Å². The average Bonchev–Trinajstić information content (AvgIpc) is 2.66. The van der Waals surface area contributed by atoms with Crippen molar-refractivity contribution in [2.45, 2.75) is 64.0 Å². The zero-order chi connectivity index (χ0) is 18.1. The summed E-state index contributed by atoms with van der Waals surface area (Å²) in [6.45, 7) is 3.90. The highest BCUT2D eigenvalue weighted by molar-refractivity contribution is 5.83. The molecule has 1 aliphatic carbocycles. The van der Waals surface area contributed by atoms with Crippen molar-refractivity contribution in [3.05, 3.63) is 0 Å². The van der Waals surface area contributed by atoms with Crippen LogP contribution in [0.25, 0.3) is 0 Å². The molecule has 0 bridgehead atoms. The molecule has 7 heteroatoms. The van der Waals surface area contributed by atoms with Crippen molar-refractivity contribution in [2.75, 3.05) is 26.3 Å². The molecular weight excluding hydrogens is 322 g/mol. The van der Waals surface area contributed by atoms with Crippen LogP contribution in [0.5, 0.6) is 0 Å². The number of nitrogens with one attached hydrogen (secondary N) is 1. The molecule has 1 N–H and O–H groups in total. The smallest absolute Gasteiger partial charge is 0.408 e. The minimum atomic E-state index is -0.780. The minimum absolute atomic E-state index is 0.144. The SMILES string of the molecule is CC[C@@H](C#N)NC(=O)O[C@@H](CC1CCCCC1)C(=O)N1CCOCC1. The van der Waals surface area contributed by atoms with Gasteiger partial charge in [0, 0.05) is 13.1 Å². The molecule has 0 unspecified atom stereocenters. The maximum atomic E-state index is 12.8. The predicted octanol–water partition coefficient (Wildman–Crippen LogP) is 2.21. The number of nitriles is 1. The molecule has 1 saturated carbocycles. The third-order valence-electron chi connectivity index (χ3n) is 4.98. The minimum Gasteiger partial charge on any atom is -0.436 e. The molecule has 0 spiro atoms. The Labute approximate surface area is 149 Å². The first kappa shape index (κ1) is 19.5. The van der Waals surface area contributed by atoms with Gasteiger partial charge in [0.05, 0.1) is 19.3 Å². The van der Waals surface area contributed by atoms with Crippen LogP contribution >= 0.6 is 0 Å². The molecule has 1 aliphatic heterocycles. The molecule has 2 fully saturated rings. The van der Waals surface area contributed by atoms with Crippen molar-refractivity contribution < 1.29 is 19.1 Å². The highest BCUT2D eigenvalue weighted by Crippen LogP contribution is 2.28. The number of amides is 2. The topological polar surface area (TPSA) is 91.7 Å². The second kappa shape index (κ2) is 10.2. The van der Waals surface area contributed by atoms with Crippen LogP contribution in [0.1, 0.15) is 51.9 Å². The van der Waals surface area contributed by atoms with E-state index < -0.39 is 18.2 Å². The van der Waals surface area contributed by atoms with E-state index in [1.54, 1.807) is 4.90 Å². The number of nitrogens with zero attached hydrogens (tertiary/aromatic N) is 2. The summed E-state index contributed by atoms with van der Waals surface area (Å²) < 4.78 is 10.8. The largest absolute Gasteiger partial charge is 0.436 e. The molecule has 7 nitrogen and oxygen atoms in total. The molecule has 0 aromatic heterocycles. The summed E-state index contributed by atoms with van der Waals surface area (Å²) in [6.07, 6.45) is 5.32. The highest BCUT2D eigenvalue weighted by Gasteiger charge is 2.32. The van der Waals surface area contributed by atoms with Crippen molar-refractivity contribution in [1.29, 1.82) is 5.26 Å². The van der Waals surface area contributed by atoms with E-state index in [0.717, 1.165) is 12.8 Å². The fourth-order valence-corrected chi connectivity index (χ4v) is 3.44. The van der Waals surface area contributed by atoms with Gasteiger partial charge in [0.1, 0.15) is 6.04 Å².